The third-order valence-corrected chi connectivity index (χ3v) is 4.72. The largest absolute Gasteiger partial charge is 0.356 e. The molecule has 0 aliphatic carbocycles. The van der Waals surface area contributed by atoms with Gasteiger partial charge in [-0.25, -0.2) is 9.97 Å². The molecule has 7 heteroatoms. The molecule has 25 heavy (non-hydrogen) atoms. The number of anilines is 1. The first-order valence-electron chi connectivity index (χ1n) is 8.73. The molecule has 1 aliphatic heterocycles. The van der Waals surface area contributed by atoms with E-state index in [1.54, 1.807) is 17.1 Å². The van der Waals surface area contributed by atoms with E-state index < -0.39 is 0 Å². The van der Waals surface area contributed by atoms with E-state index >= 15 is 0 Å². The van der Waals surface area contributed by atoms with Crippen LogP contribution in [0.2, 0.25) is 0 Å². The lowest BCUT2D eigenvalue weighted by atomic mass is 9.96. The van der Waals surface area contributed by atoms with Gasteiger partial charge < -0.3 is 9.80 Å². The van der Waals surface area contributed by atoms with Crippen molar-refractivity contribution in [2.45, 2.75) is 26.7 Å². The molecule has 1 saturated heterocycles. The Balaban J connectivity index is 1.54. The molecule has 134 valence electrons. The normalized spacial score (nSPS) is 15.4. The van der Waals surface area contributed by atoms with E-state index in [-0.39, 0.29) is 5.91 Å². The van der Waals surface area contributed by atoms with E-state index in [0.717, 1.165) is 49.8 Å². The van der Waals surface area contributed by atoms with Gasteiger partial charge in [0.05, 0.1) is 11.8 Å². The summed E-state index contributed by atoms with van der Waals surface area (Å²) in [7, 11) is 3.70. The van der Waals surface area contributed by atoms with Crippen LogP contribution in [0.3, 0.4) is 0 Å². The molecule has 7 nitrogen and oxygen atoms in total. The number of nitrogens with zero attached hydrogens (tertiary/aromatic N) is 6. The smallest absolute Gasteiger partial charge is 0.256 e. The monoisotopic (exact) mass is 342 g/mol. The first-order valence-corrected chi connectivity index (χ1v) is 8.73. The van der Waals surface area contributed by atoms with Crippen molar-refractivity contribution in [2.24, 2.45) is 13.0 Å². The lowest BCUT2D eigenvalue weighted by molar-refractivity contribution is 0.0765. The fourth-order valence-corrected chi connectivity index (χ4v) is 3.43. The van der Waals surface area contributed by atoms with Gasteiger partial charge in [0, 0.05) is 51.7 Å². The molecule has 3 heterocycles. The highest BCUT2D eigenvalue weighted by Crippen LogP contribution is 2.23. The molecule has 0 radical (unpaired) electrons. The van der Waals surface area contributed by atoms with E-state index in [1.165, 1.54) is 0 Å². The second-order valence-electron chi connectivity index (χ2n) is 6.93. The van der Waals surface area contributed by atoms with Crippen molar-refractivity contribution in [1.29, 1.82) is 0 Å². The predicted molar refractivity (Wildman–Crippen MR) is 96.6 cm³/mol. The van der Waals surface area contributed by atoms with Crippen molar-refractivity contribution in [3.8, 4) is 0 Å². The molecule has 1 aliphatic rings. The summed E-state index contributed by atoms with van der Waals surface area (Å²) in [4.78, 5) is 25.5. The SMILES string of the molecule is Cc1cc(N2CCC(CN(C)C(=O)c3cnn(C)c3)CC2)nc(C)n1. The zero-order valence-corrected chi connectivity index (χ0v) is 15.4. The van der Waals surface area contributed by atoms with Gasteiger partial charge in [-0.15, -0.1) is 0 Å². The molecular weight excluding hydrogens is 316 g/mol. The number of carbonyl (C=O) groups is 1. The number of piperidine rings is 1. The minimum Gasteiger partial charge on any atom is -0.356 e. The fraction of sp³-hybridized carbons (Fsp3) is 0.556. The Kier molecular flexibility index (Phi) is 5.01. The lowest BCUT2D eigenvalue weighted by Crippen LogP contribution is -2.39. The number of rotatable bonds is 4. The Morgan fingerprint density at radius 3 is 2.60 bits per heavy atom. The third kappa shape index (κ3) is 4.15. The second-order valence-corrected chi connectivity index (χ2v) is 6.93. The number of aromatic nitrogens is 4. The summed E-state index contributed by atoms with van der Waals surface area (Å²) in [5.74, 6) is 2.39. The maximum atomic E-state index is 12.4. The van der Waals surface area contributed by atoms with Crippen LogP contribution >= 0.6 is 0 Å². The van der Waals surface area contributed by atoms with Crippen LogP contribution in [0.5, 0.6) is 0 Å². The Morgan fingerprint density at radius 2 is 2.00 bits per heavy atom. The molecule has 1 amide bonds. The molecule has 2 aromatic heterocycles. The summed E-state index contributed by atoms with van der Waals surface area (Å²) < 4.78 is 1.66. The number of carbonyl (C=O) groups excluding carboxylic acids is 1. The summed E-state index contributed by atoms with van der Waals surface area (Å²) in [6.45, 7) is 6.65. The van der Waals surface area contributed by atoms with Gasteiger partial charge in [0.25, 0.3) is 5.91 Å². The van der Waals surface area contributed by atoms with E-state index in [1.807, 2.05) is 38.9 Å². The molecule has 0 aromatic carbocycles. The Labute approximate surface area is 148 Å². The van der Waals surface area contributed by atoms with Crippen LogP contribution in [-0.2, 0) is 7.05 Å². The Morgan fingerprint density at radius 1 is 1.28 bits per heavy atom. The maximum absolute atomic E-state index is 12.4. The Hall–Kier alpha value is -2.44. The van der Waals surface area contributed by atoms with Crippen LogP contribution in [0.15, 0.2) is 18.5 Å². The molecule has 0 atom stereocenters. The van der Waals surface area contributed by atoms with Crippen molar-refractivity contribution in [3.63, 3.8) is 0 Å². The number of hydrogen-bond donors (Lipinski definition) is 0. The van der Waals surface area contributed by atoms with Crippen LogP contribution < -0.4 is 4.90 Å². The van der Waals surface area contributed by atoms with E-state index in [2.05, 4.69) is 20.0 Å². The van der Waals surface area contributed by atoms with Gasteiger partial charge in [0.1, 0.15) is 11.6 Å². The molecular formula is C18H26N6O. The highest BCUT2D eigenvalue weighted by atomic mass is 16.2. The second kappa shape index (κ2) is 7.21. The van der Waals surface area contributed by atoms with Crippen molar-refractivity contribution in [3.05, 3.63) is 35.5 Å². The van der Waals surface area contributed by atoms with Gasteiger partial charge >= 0.3 is 0 Å². The van der Waals surface area contributed by atoms with Crippen LogP contribution in [0.4, 0.5) is 5.82 Å². The standard InChI is InChI=1S/C18H26N6O/c1-13-9-17(21-14(2)20-13)24-7-5-15(6-8-24)11-22(3)18(25)16-10-19-23(4)12-16/h9-10,12,15H,5-8,11H2,1-4H3. The van der Waals surface area contributed by atoms with Crippen molar-refractivity contribution in [1.82, 2.24) is 24.6 Å². The lowest BCUT2D eigenvalue weighted by Gasteiger charge is -2.34. The molecule has 0 N–H and O–H groups in total. The highest BCUT2D eigenvalue weighted by molar-refractivity contribution is 5.93. The first-order chi connectivity index (χ1) is 11.9. The third-order valence-electron chi connectivity index (χ3n) is 4.72. The molecule has 1 fully saturated rings. The summed E-state index contributed by atoms with van der Waals surface area (Å²) in [6, 6.07) is 2.05. The maximum Gasteiger partial charge on any atom is 0.256 e. The Bertz CT molecular complexity index is 728. The summed E-state index contributed by atoms with van der Waals surface area (Å²) in [5.41, 5.74) is 1.65. The summed E-state index contributed by atoms with van der Waals surface area (Å²) in [6.07, 6.45) is 5.52. The van der Waals surface area contributed by atoms with E-state index in [9.17, 15) is 4.79 Å². The molecule has 0 unspecified atom stereocenters. The molecule has 2 aromatic rings. The highest BCUT2D eigenvalue weighted by Gasteiger charge is 2.24. The topological polar surface area (TPSA) is 67.2 Å². The minimum atomic E-state index is 0.0394. The van der Waals surface area contributed by atoms with Gasteiger partial charge in [-0.2, -0.15) is 5.10 Å². The average molecular weight is 342 g/mol. The van der Waals surface area contributed by atoms with E-state index in [0.29, 0.717) is 11.5 Å². The van der Waals surface area contributed by atoms with Crippen LogP contribution in [0.1, 0.15) is 34.7 Å². The van der Waals surface area contributed by atoms with Crippen LogP contribution in [0, 0.1) is 19.8 Å². The zero-order valence-electron chi connectivity index (χ0n) is 15.4. The van der Waals surface area contributed by atoms with Gasteiger partial charge in [0.2, 0.25) is 0 Å². The minimum absolute atomic E-state index is 0.0394. The number of aryl methyl sites for hydroxylation is 3. The summed E-state index contributed by atoms with van der Waals surface area (Å²) in [5, 5.41) is 4.08. The summed E-state index contributed by atoms with van der Waals surface area (Å²) >= 11 is 0. The van der Waals surface area contributed by atoms with Gasteiger partial charge in [-0.3, -0.25) is 9.48 Å². The quantitative estimate of drug-likeness (QED) is 0.848. The first kappa shape index (κ1) is 17.4. The molecule has 0 saturated carbocycles. The van der Waals surface area contributed by atoms with Gasteiger partial charge in [-0.1, -0.05) is 0 Å². The molecule has 3 rings (SSSR count). The molecule has 0 spiro atoms. The van der Waals surface area contributed by atoms with Crippen molar-refractivity contribution >= 4 is 11.7 Å². The van der Waals surface area contributed by atoms with Crippen molar-refractivity contribution < 1.29 is 4.79 Å². The fourth-order valence-electron chi connectivity index (χ4n) is 3.43. The van der Waals surface area contributed by atoms with Crippen LogP contribution in [0.25, 0.3) is 0 Å². The molecule has 0 bridgehead atoms. The predicted octanol–water partition coefficient (Wildman–Crippen LogP) is 1.82. The van der Waals surface area contributed by atoms with E-state index in [4.69, 9.17) is 0 Å². The zero-order chi connectivity index (χ0) is 18.0. The van der Waals surface area contributed by atoms with Gasteiger partial charge in [-0.05, 0) is 32.6 Å². The number of amides is 1. The van der Waals surface area contributed by atoms with Crippen molar-refractivity contribution in [2.75, 3.05) is 31.6 Å². The number of hydrogen-bond acceptors (Lipinski definition) is 5. The average Bonchev–Trinajstić information content (AvgIpc) is 3.00. The van der Waals surface area contributed by atoms with Crippen LogP contribution in [-0.4, -0.2) is 57.2 Å². The van der Waals surface area contributed by atoms with Gasteiger partial charge in [0.15, 0.2) is 0 Å².